The number of rotatable bonds is 3. The lowest BCUT2D eigenvalue weighted by atomic mass is 9.94. The minimum Gasteiger partial charge on any atom is -0.508 e. The Morgan fingerprint density at radius 1 is 1.47 bits per heavy atom. The summed E-state index contributed by atoms with van der Waals surface area (Å²) >= 11 is 0. The fourth-order valence-corrected chi connectivity index (χ4v) is 2.03. The Bertz CT molecular complexity index is 338. The van der Waals surface area contributed by atoms with E-state index >= 15 is 0 Å². The first-order chi connectivity index (χ1) is 7.29. The van der Waals surface area contributed by atoms with Gasteiger partial charge < -0.3 is 15.2 Å². The number of methoxy groups -OCH3 is 1. The summed E-state index contributed by atoms with van der Waals surface area (Å²) < 4.78 is 5.07. The monoisotopic (exact) mass is 207 g/mol. The van der Waals surface area contributed by atoms with Gasteiger partial charge in [-0.3, -0.25) is 0 Å². The van der Waals surface area contributed by atoms with Crippen LogP contribution in [0.15, 0.2) is 18.2 Å². The maximum absolute atomic E-state index is 9.41. The molecule has 0 bridgehead atoms. The van der Waals surface area contributed by atoms with Crippen LogP contribution in [-0.2, 0) is 17.7 Å². The summed E-state index contributed by atoms with van der Waals surface area (Å²) in [6, 6.07) is 6.08. The molecule has 1 unspecified atom stereocenters. The van der Waals surface area contributed by atoms with Gasteiger partial charge in [-0.2, -0.15) is 0 Å². The average Bonchev–Trinajstić information content (AvgIpc) is 2.25. The third-order valence-corrected chi connectivity index (χ3v) is 2.91. The molecule has 0 saturated heterocycles. The van der Waals surface area contributed by atoms with E-state index in [0.717, 1.165) is 26.0 Å². The van der Waals surface area contributed by atoms with Crippen molar-refractivity contribution in [2.24, 2.45) is 0 Å². The first-order valence-corrected chi connectivity index (χ1v) is 5.32. The van der Waals surface area contributed by atoms with Gasteiger partial charge in [-0.25, -0.2) is 0 Å². The van der Waals surface area contributed by atoms with Crippen LogP contribution in [0, 0.1) is 0 Å². The minimum absolute atomic E-state index is 0.362. The summed E-state index contributed by atoms with van der Waals surface area (Å²) in [5.41, 5.74) is 2.55. The normalized spacial score (nSPS) is 19.9. The number of ether oxygens (including phenoxy) is 1. The smallest absolute Gasteiger partial charge is 0.115 e. The molecule has 1 aliphatic heterocycles. The van der Waals surface area contributed by atoms with Crippen LogP contribution >= 0.6 is 0 Å². The van der Waals surface area contributed by atoms with Crippen molar-refractivity contribution in [3.63, 3.8) is 0 Å². The largest absolute Gasteiger partial charge is 0.508 e. The molecule has 0 saturated carbocycles. The van der Waals surface area contributed by atoms with E-state index in [0.29, 0.717) is 11.8 Å². The van der Waals surface area contributed by atoms with Gasteiger partial charge in [-0.1, -0.05) is 6.07 Å². The van der Waals surface area contributed by atoms with Gasteiger partial charge in [0.05, 0.1) is 0 Å². The number of phenolic OH excluding ortho intramolecular Hbond substituents is 1. The number of hydrogen-bond donors (Lipinski definition) is 2. The van der Waals surface area contributed by atoms with Crippen LogP contribution in [-0.4, -0.2) is 24.9 Å². The molecule has 0 fully saturated rings. The maximum Gasteiger partial charge on any atom is 0.115 e. The summed E-state index contributed by atoms with van der Waals surface area (Å²) in [5.74, 6) is 0.362. The highest BCUT2D eigenvalue weighted by molar-refractivity contribution is 5.36. The highest BCUT2D eigenvalue weighted by Gasteiger charge is 2.17. The lowest BCUT2D eigenvalue weighted by Gasteiger charge is -2.26. The number of nitrogens with one attached hydrogen (secondary N) is 1. The first kappa shape index (κ1) is 10.5. The second-order valence-corrected chi connectivity index (χ2v) is 4.02. The average molecular weight is 207 g/mol. The second kappa shape index (κ2) is 4.64. The van der Waals surface area contributed by atoms with E-state index < -0.39 is 0 Å². The molecule has 3 nitrogen and oxygen atoms in total. The Morgan fingerprint density at radius 3 is 3.13 bits per heavy atom. The van der Waals surface area contributed by atoms with E-state index in [4.69, 9.17) is 4.74 Å². The SMILES string of the molecule is COCCC1Cc2cc(O)ccc2CN1. The molecule has 1 aromatic rings. The second-order valence-electron chi connectivity index (χ2n) is 4.02. The van der Waals surface area contributed by atoms with Gasteiger partial charge in [0.2, 0.25) is 0 Å². The molecule has 15 heavy (non-hydrogen) atoms. The van der Waals surface area contributed by atoms with Crippen LogP contribution in [0.2, 0.25) is 0 Å². The topological polar surface area (TPSA) is 41.5 Å². The van der Waals surface area contributed by atoms with Crippen LogP contribution in [0.25, 0.3) is 0 Å². The summed E-state index contributed by atoms with van der Waals surface area (Å²) in [6.07, 6.45) is 2.00. The van der Waals surface area contributed by atoms with Crippen LogP contribution in [0.3, 0.4) is 0 Å². The molecule has 1 aromatic carbocycles. The van der Waals surface area contributed by atoms with Crippen molar-refractivity contribution < 1.29 is 9.84 Å². The zero-order valence-corrected chi connectivity index (χ0v) is 8.99. The summed E-state index contributed by atoms with van der Waals surface area (Å²) in [6.45, 7) is 1.68. The van der Waals surface area contributed by atoms with Crippen LogP contribution in [0.1, 0.15) is 17.5 Å². The van der Waals surface area contributed by atoms with Gasteiger partial charge in [0, 0.05) is 26.3 Å². The van der Waals surface area contributed by atoms with Crippen molar-refractivity contribution in [2.75, 3.05) is 13.7 Å². The van der Waals surface area contributed by atoms with Gasteiger partial charge in [0.1, 0.15) is 5.75 Å². The molecule has 0 aliphatic carbocycles. The van der Waals surface area contributed by atoms with Gasteiger partial charge in [-0.05, 0) is 36.1 Å². The fourth-order valence-electron chi connectivity index (χ4n) is 2.03. The zero-order chi connectivity index (χ0) is 10.7. The van der Waals surface area contributed by atoms with E-state index in [-0.39, 0.29) is 0 Å². The molecular formula is C12H17NO2. The van der Waals surface area contributed by atoms with Crippen molar-refractivity contribution in [1.82, 2.24) is 5.32 Å². The van der Waals surface area contributed by atoms with E-state index in [9.17, 15) is 5.11 Å². The zero-order valence-electron chi connectivity index (χ0n) is 8.99. The molecule has 82 valence electrons. The molecular weight excluding hydrogens is 190 g/mol. The van der Waals surface area contributed by atoms with Crippen molar-refractivity contribution >= 4 is 0 Å². The van der Waals surface area contributed by atoms with Crippen LogP contribution in [0.5, 0.6) is 5.75 Å². The molecule has 2 rings (SSSR count). The minimum atomic E-state index is 0.362. The van der Waals surface area contributed by atoms with E-state index in [1.807, 2.05) is 12.1 Å². The number of fused-ring (bicyclic) bond motifs is 1. The Morgan fingerprint density at radius 2 is 2.33 bits per heavy atom. The maximum atomic E-state index is 9.41. The standard InChI is InChI=1S/C12H17NO2/c1-15-5-4-11-6-10-7-12(14)3-2-9(10)8-13-11/h2-3,7,11,13-14H,4-6,8H2,1H3. The molecule has 2 N–H and O–H groups in total. The Balaban J connectivity index is 2.05. The number of aromatic hydroxyl groups is 1. The van der Waals surface area contributed by atoms with Gasteiger partial charge >= 0.3 is 0 Å². The first-order valence-electron chi connectivity index (χ1n) is 5.32. The van der Waals surface area contributed by atoms with Crippen molar-refractivity contribution in [3.05, 3.63) is 29.3 Å². The third-order valence-electron chi connectivity index (χ3n) is 2.91. The molecule has 0 amide bonds. The Kier molecular flexibility index (Phi) is 3.23. The predicted octanol–water partition coefficient (Wildman–Crippen LogP) is 1.44. The number of hydrogen-bond acceptors (Lipinski definition) is 3. The molecule has 1 heterocycles. The number of benzene rings is 1. The predicted molar refractivity (Wildman–Crippen MR) is 58.9 cm³/mol. The lowest BCUT2D eigenvalue weighted by Crippen LogP contribution is -2.36. The molecule has 0 radical (unpaired) electrons. The van der Waals surface area contributed by atoms with Crippen LogP contribution < -0.4 is 5.32 Å². The molecule has 1 aliphatic rings. The molecule has 3 heteroatoms. The van der Waals surface area contributed by atoms with Gasteiger partial charge in [0.15, 0.2) is 0 Å². The Labute approximate surface area is 90.1 Å². The Hall–Kier alpha value is -1.06. The van der Waals surface area contributed by atoms with E-state index in [2.05, 4.69) is 5.32 Å². The quantitative estimate of drug-likeness (QED) is 0.788. The lowest BCUT2D eigenvalue weighted by molar-refractivity contribution is 0.181. The highest BCUT2D eigenvalue weighted by atomic mass is 16.5. The van der Waals surface area contributed by atoms with Crippen molar-refractivity contribution in [3.8, 4) is 5.75 Å². The summed E-state index contributed by atoms with van der Waals surface area (Å²) in [4.78, 5) is 0. The number of phenols is 1. The fraction of sp³-hybridized carbons (Fsp3) is 0.500. The molecule has 1 atom stereocenters. The summed E-state index contributed by atoms with van der Waals surface area (Å²) in [5, 5.41) is 12.9. The molecule has 0 spiro atoms. The third kappa shape index (κ3) is 2.49. The van der Waals surface area contributed by atoms with Gasteiger partial charge in [0.25, 0.3) is 0 Å². The molecule has 0 aromatic heterocycles. The van der Waals surface area contributed by atoms with Crippen LogP contribution in [0.4, 0.5) is 0 Å². The van der Waals surface area contributed by atoms with Crippen molar-refractivity contribution in [1.29, 1.82) is 0 Å². The van der Waals surface area contributed by atoms with E-state index in [1.54, 1.807) is 13.2 Å². The summed E-state index contributed by atoms with van der Waals surface area (Å²) in [7, 11) is 1.72. The van der Waals surface area contributed by atoms with Gasteiger partial charge in [-0.15, -0.1) is 0 Å². The van der Waals surface area contributed by atoms with E-state index in [1.165, 1.54) is 11.1 Å². The highest BCUT2D eigenvalue weighted by Crippen LogP contribution is 2.22. The van der Waals surface area contributed by atoms with Crippen molar-refractivity contribution in [2.45, 2.75) is 25.4 Å².